The molecule has 3 rings (SSSR count). The van der Waals surface area contributed by atoms with Crippen LogP contribution in [0.1, 0.15) is 23.0 Å². The number of nitrogens with zero attached hydrogens (tertiary/aromatic N) is 3. The summed E-state index contributed by atoms with van der Waals surface area (Å²) in [5.74, 6) is 0.145. The number of rotatable bonds is 5. The van der Waals surface area contributed by atoms with Crippen LogP contribution in [-0.2, 0) is 0 Å². The topological polar surface area (TPSA) is 58.1 Å². The van der Waals surface area contributed by atoms with Gasteiger partial charge in [-0.3, -0.25) is 4.79 Å². The summed E-state index contributed by atoms with van der Waals surface area (Å²) in [6, 6.07) is 16.7. The first-order valence-electron chi connectivity index (χ1n) is 8.31. The number of anilines is 3. The third-order valence-electron chi connectivity index (χ3n) is 3.87. The zero-order valence-corrected chi connectivity index (χ0v) is 15.4. The standard InChI is InChI=1S/C20H19ClN4O/c1-3-25(15-8-6-7-14(2)13-15)20-22-12-11-18(24-20)19(26)23-17-10-5-4-9-16(17)21/h4-13H,3H2,1-2H3,(H,23,26). The lowest BCUT2D eigenvalue weighted by Gasteiger charge is -2.21. The highest BCUT2D eigenvalue weighted by Gasteiger charge is 2.15. The van der Waals surface area contributed by atoms with E-state index in [2.05, 4.69) is 21.4 Å². The Morgan fingerprint density at radius 1 is 1.15 bits per heavy atom. The number of benzene rings is 2. The molecule has 3 aromatic rings. The van der Waals surface area contributed by atoms with Crippen molar-refractivity contribution in [1.82, 2.24) is 9.97 Å². The molecule has 0 bridgehead atoms. The van der Waals surface area contributed by atoms with Crippen LogP contribution in [0.25, 0.3) is 0 Å². The average Bonchev–Trinajstić information content (AvgIpc) is 2.64. The molecular formula is C20H19ClN4O. The molecule has 0 aliphatic heterocycles. The molecule has 26 heavy (non-hydrogen) atoms. The molecule has 6 heteroatoms. The van der Waals surface area contributed by atoms with E-state index in [4.69, 9.17) is 11.6 Å². The number of carbonyl (C=O) groups excluding carboxylic acids is 1. The molecule has 0 spiro atoms. The van der Waals surface area contributed by atoms with E-state index in [9.17, 15) is 4.79 Å². The second-order valence-electron chi connectivity index (χ2n) is 5.76. The Balaban J connectivity index is 1.87. The largest absolute Gasteiger partial charge is 0.319 e. The van der Waals surface area contributed by atoms with Crippen molar-refractivity contribution in [2.24, 2.45) is 0 Å². The van der Waals surface area contributed by atoms with Crippen LogP contribution < -0.4 is 10.2 Å². The van der Waals surface area contributed by atoms with Crippen LogP contribution in [0.2, 0.25) is 5.02 Å². The van der Waals surface area contributed by atoms with Crippen molar-refractivity contribution in [3.63, 3.8) is 0 Å². The first-order chi connectivity index (χ1) is 12.6. The number of nitrogens with one attached hydrogen (secondary N) is 1. The first kappa shape index (κ1) is 17.9. The fourth-order valence-electron chi connectivity index (χ4n) is 2.59. The highest BCUT2D eigenvalue weighted by molar-refractivity contribution is 6.33. The number of hydrogen-bond acceptors (Lipinski definition) is 4. The summed E-state index contributed by atoms with van der Waals surface area (Å²) in [7, 11) is 0. The van der Waals surface area contributed by atoms with E-state index in [1.807, 2.05) is 49.1 Å². The summed E-state index contributed by atoms with van der Waals surface area (Å²) in [6.45, 7) is 4.73. The van der Waals surface area contributed by atoms with Crippen LogP contribution in [0.5, 0.6) is 0 Å². The Labute approximate surface area is 157 Å². The van der Waals surface area contributed by atoms with E-state index in [-0.39, 0.29) is 11.6 Å². The minimum atomic E-state index is -0.331. The van der Waals surface area contributed by atoms with E-state index >= 15 is 0 Å². The Hall–Kier alpha value is -2.92. The van der Waals surface area contributed by atoms with Crippen LogP contribution in [-0.4, -0.2) is 22.4 Å². The summed E-state index contributed by atoms with van der Waals surface area (Å²) in [4.78, 5) is 23.3. The molecule has 0 unspecified atom stereocenters. The number of amides is 1. The van der Waals surface area contributed by atoms with E-state index in [1.54, 1.807) is 24.4 Å². The number of halogens is 1. The van der Waals surface area contributed by atoms with Gasteiger partial charge in [-0.1, -0.05) is 35.9 Å². The molecule has 5 nitrogen and oxygen atoms in total. The number of aryl methyl sites for hydroxylation is 1. The predicted octanol–water partition coefficient (Wildman–Crippen LogP) is 4.85. The smallest absolute Gasteiger partial charge is 0.274 e. The lowest BCUT2D eigenvalue weighted by atomic mass is 10.2. The number of hydrogen-bond donors (Lipinski definition) is 1. The number of para-hydroxylation sites is 1. The minimum absolute atomic E-state index is 0.279. The highest BCUT2D eigenvalue weighted by Crippen LogP contribution is 2.24. The quantitative estimate of drug-likeness (QED) is 0.701. The molecule has 1 N–H and O–H groups in total. The Morgan fingerprint density at radius 2 is 1.96 bits per heavy atom. The Morgan fingerprint density at radius 3 is 2.69 bits per heavy atom. The van der Waals surface area contributed by atoms with Gasteiger partial charge in [0.05, 0.1) is 10.7 Å². The van der Waals surface area contributed by atoms with Crippen molar-refractivity contribution < 1.29 is 4.79 Å². The maximum absolute atomic E-state index is 12.5. The van der Waals surface area contributed by atoms with Crippen LogP contribution in [0.4, 0.5) is 17.3 Å². The number of carbonyl (C=O) groups is 1. The first-order valence-corrected chi connectivity index (χ1v) is 8.69. The van der Waals surface area contributed by atoms with Gasteiger partial charge in [0.2, 0.25) is 5.95 Å². The minimum Gasteiger partial charge on any atom is -0.319 e. The third-order valence-corrected chi connectivity index (χ3v) is 4.20. The van der Waals surface area contributed by atoms with Crippen LogP contribution >= 0.6 is 11.6 Å². The molecule has 0 aliphatic rings. The molecule has 1 heterocycles. The van der Waals surface area contributed by atoms with E-state index in [0.29, 0.717) is 23.2 Å². The van der Waals surface area contributed by atoms with Gasteiger partial charge < -0.3 is 10.2 Å². The summed E-state index contributed by atoms with van der Waals surface area (Å²) in [5.41, 5.74) is 2.95. The van der Waals surface area contributed by atoms with Gasteiger partial charge in [-0.2, -0.15) is 0 Å². The second-order valence-corrected chi connectivity index (χ2v) is 6.17. The molecule has 2 aromatic carbocycles. The van der Waals surface area contributed by atoms with Gasteiger partial charge in [0.1, 0.15) is 5.69 Å². The molecule has 0 saturated heterocycles. The van der Waals surface area contributed by atoms with Gasteiger partial charge in [0.15, 0.2) is 0 Å². The summed E-state index contributed by atoms with van der Waals surface area (Å²) in [5, 5.41) is 3.26. The lowest BCUT2D eigenvalue weighted by molar-refractivity contribution is 0.102. The van der Waals surface area contributed by atoms with Gasteiger partial charge in [-0.25, -0.2) is 9.97 Å². The molecule has 1 amide bonds. The molecule has 0 atom stereocenters. The maximum Gasteiger partial charge on any atom is 0.274 e. The zero-order chi connectivity index (χ0) is 18.5. The van der Waals surface area contributed by atoms with Gasteiger partial charge in [0, 0.05) is 18.4 Å². The zero-order valence-electron chi connectivity index (χ0n) is 14.6. The van der Waals surface area contributed by atoms with Crippen molar-refractivity contribution >= 4 is 34.8 Å². The van der Waals surface area contributed by atoms with E-state index in [1.165, 1.54) is 0 Å². The van der Waals surface area contributed by atoms with Gasteiger partial charge in [-0.05, 0) is 49.7 Å². The third kappa shape index (κ3) is 4.00. The maximum atomic E-state index is 12.5. The van der Waals surface area contributed by atoms with E-state index < -0.39 is 0 Å². The van der Waals surface area contributed by atoms with Crippen molar-refractivity contribution in [2.45, 2.75) is 13.8 Å². The Kier molecular flexibility index (Phi) is 5.49. The number of aromatic nitrogens is 2. The van der Waals surface area contributed by atoms with Crippen molar-refractivity contribution in [2.75, 3.05) is 16.8 Å². The van der Waals surface area contributed by atoms with Crippen LogP contribution in [0, 0.1) is 6.92 Å². The van der Waals surface area contributed by atoms with Crippen LogP contribution in [0.15, 0.2) is 60.8 Å². The fourth-order valence-corrected chi connectivity index (χ4v) is 2.77. The molecule has 0 aliphatic carbocycles. The Bertz CT molecular complexity index is 929. The molecular weight excluding hydrogens is 348 g/mol. The normalized spacial score (nSPS) is 10.4. The van der Waals surface area contributed by atoms with Crippen molar-refractivity contribution in [3.8, 4) is 0 Å². The summed E-state index contributed by atoms with van der Waals surface area (Å²) in [6.07, 6.45) is 1.59. The summed E-state index contributed by atoms with van der Waals surface area (Å²) < 4.78 is 0. The van der Waals surface area contributed by atoms with Gasteiger partial charge in [0.25, 0.3) is 5.91 Å². The van der Waals surface area contributed by atoms with Gasteiger partial charge in [-0.15, -0.1) is 0 Å². The molecule has 0 fully saturated rings. The van der Waals surface area contributed by atoms with Gasteiger partial charge >= 0.3 is 0 Å². The highest BCUT2D eigenvalue weighted by atomic mass is 35.5. The van der Waals surface area contributed by atoms with Crippen LogP contribution in [0.3, 0.4) is 0 Å². The molecule has 132 valence electrons. The van der Waals surface area contributed by atoms with Crippen molar-refractivity contribution in [1.29, 1.82) is 0 Å². The monoisotopic (exact) mass is 366 g/mol. The SMILES string of the molecule is CCN(c1cccc(C)c1)c1nccc(C(=O)Nc2ccccc2Cl)n1. The fraction of sp³-hybridized carbons (Fsp3) is 0.150. The molecule has 1 aromatic heterocycles. The second kappa shape index (κ2) is 7.97. The molecule has 0 radical (unpaired) electrons. The summed E-state index contributed by atoms with van der Waals surface area (Å²) >= 11 is 6.10. The lowest BCUT2D eigenvalue weighted by Crippen LogP contribution is -2.21. The van der Waals surface area contributed by atoms with Crippen molar-refractivity contribution in [3.05, 3.63) is 77.1 Å². The predicted molar refractivity (Wildman–Crippen MR) is 105 cm³/mol. The van der Waals surface area contributed by atoms with E-state index in [0.717, 1.165) is 11.3 Å². The molecule has 0 saturated carbocycles. The average molecular weight is 367 g/mol.